The average molecular weight is 395 g/mol. The molecular weight excluding hydrogens is 367 g/mol. The molecule has 5 aliphatic carbocycles. The second-order valence-electron chi connectivity index (χ2n) is 9.76. The summed E-state index contributed by atoms with van der Waals surface area (Å²) in [6.45, 7) is 0.926. The molecule has 7 heteroatoms. The van der Waals surface area contributed by atoms with Gasteiger partial charge in [0.2, 0.25) is 5.91 Å². The minimum Gasteiger partial charge on any atom is -0.356 e. The Morgan fingerprint density at radius 3 is 2.29 bits per heavy atom. The molecule has 5 fully saturated rings. The van der Waals surface area contributed by atoms with E-state index in [1.54, 1.807) is 0 Å². The second-order valence-corrected chi connectivity index (χ2v) is 9.76. The lowest BCUT2D eigenvalue weighted by Gasteiger charge is -2.55. The van der Waals surface area contributed by atoms with Crippen LogP contribution in [0, 0.1) is 23.2 Å². The first-order valence-corrected chi connectivity index (χ1v) is 10.8. The van der Waals surface area contributed by atoms with E-state index in [2.05, 4.69) is 10.4 Å². The summed E-state index contributed by atoms with van der Waals surface area (Å²) in [5.41, 5.74) is -0.268. The first-order chi connectivity index (χ1) is 13.3. The number of nitrogens with one attached hydrogen (secondary N) is 1. The molecule has 1 aromatic rings. The van der Waals surface area contributed by atoms with E-state index < -0.39 is 11.9 Å². The average Bonchev–Trinajstić information content (AvgIpc) is 3.35. The number of halogens is 3. The lowest BCUT2D eigenvalue weighted by atomic mass is 9.49. The van der Waals surface area contributed by atoms with Gasteiger partial charge in [0, 0.05) is 30.1 Å². The van der Waals surface area contributed by atoms with Gasteiger partial charge in [-0.25, -0.2) is 0 Å². The Kier molecular flexibility index (Phi) is 4.29. The van der Waals surface area contributed by atoms with Crippen LogP contribution in [0.15, 0.2) is 6.07 Å². The maximum absolute atomic E-state index is 13.0. The molecule has 0 unspecified atom stereocenters. The van der Waals surface area contributed by atoms with Crippen molar-refractivity contribution in [1.82, 2.24) is 15.1 Å². The maximum atomic E-state index is 13.0. The number of aromatic nitrogens is 2. The maximum Gasteiger partial charge on any atom is 0.435 e. The Morgan fingerprint density at radius 1 is 1.14 bits per heavy atom. The van der Waals surface area contributed by atoms with E-state index in [1.165, 1.54) is 30.0 Å². The molecule has 4 bridgehead atoms. The SMILES string of the molecule is O=C(NCCCn1nc(C(F)(F)F)cc1C1CC1)C12CC3CC(CC(C3)C1)C2. The highest BCUT2D eigenvalue weighted by molar-refractivity contribution is 5.83. The van der Waals surface area contributed by atoms with Crippen LogP contribution in [0.1, 0.15) is 75.1 Å². The highest BCUT2D eigenvalue weighted by atomic mass is 19.4. The minimum absolute atomic E-state index is 0.164. The van der Waals surface area contributed by atoms with E-state index in [1.807, 2.05) is 0 Å². The van der Waals surface area contributed by atoms with Gasteiger partial charge in [0.25, 0.3) is 0 Å². The zero-order valence-electron chi connectivity index (χ0n) is 16.1. The molecule has 0 atom stereocenters. The summed E-state index contributed by atoms with van der Waals surface area (Å²) < 4.78 is 40.5. The summed E-state index contributed by atoms with van der Waals surface area (Å²) >= 11 is 0. The predicted octanol–water partition coefficient (Wildman–Crippen LogP) is 4.50. The molecule has 1 aromatic heterocycles. The van der Waals surface area contributed by atoms with Crippen LogP contribution in [0.3, 0.4) is 0 Å². The van der Waals surface area contributed by atoms with Crippen LogP contribution in [-0.4, -0.2) is 22.2 Å². The molecule has 4 nitrogen and oxygen atoms in total. The van der Waals surface area contributed by atoms with Crippen molar-refractivity contribution < 1.29 is 18.0 Å². The first-order valence-electron chi connectivity index (χ1n) is 10.8. The van der Waals surface area contributed by atoms with Gasteiger partial charge in [-0.2, -0.15) is 18.3 Å². The molecule has 1 N–H and O–H groups in total. The Labute approximate surface area is 163 Å². The van der Waals surface area contributed by atoms with Gasteiger partial charge in [-0.3, -0.25) is 9.48 Å². The van der Waals surface area contributed by atoms with Crippen LogP contribution < -0.4 is 5.32 Å². The number of aryl methyl sites for hydroxylation is 1. The zero-order valence-corrected chi connectivity index (χ0v) is 16.1. The summed E-state index contributed by atoms with van der Waals surface area (Å²) in [7, 11) is 0. The molecule has 0 radical (unpaired) electrons. The number of amides is 1. The van der Waals surface area contributed by atoms with Crippen molar-refractivity contribution in [3.8, 4) is 0 Å². The fourth-order valence-electron chi connectivity index (χ4n) is 6.46. The van der Waals surface area contributed by atoms with Crippen molar-refractivity contribution in [1.29, 1.82) is 0 Å². The van der Waals surface area contributed by atoms with Gasteiger partial charge < -0.3 is 5.32 Å². The molecule has 5 aliphatic rings. The third kappa shape index (κ3) is 3.35. The number of rotatable bonds is 6. The van der Waals surface area contributed by atoms with Gasteiger partial charge >= 0.3 is 6.18 Å². The third-order valence-corrected chi connectivity index (χ3v) is 7.45. The summed E-state index contributed by atoms with van der Waals surface area (Å²) in [6.07, 6.45) is 5.09. The first kappa shape index (κ1) is 18.5. The van der Waals surface area contributed by atoms with Crippen LogP contribution in [0.4, 0.5) is 13.2 Å². The minimum atomic E-state index is -4.40. The highest BCUT2D eigenvalue weighted by Gasteiger charge is 2.54. The van der Waals surface area contributed by atoms with Crippen molar-refractivity contribution in [3.63, 3.8) is 0 Å². The predicted molar refractivity (Wildman–Crippen MR) is 97.4 cm³/mol. The molecule has 1 amide bonds. The number of alkyl halides is 3. The van der Waals surface area contributed by atoms with Crippen molar-refractivity contribution in [2.24, 2.45) is 23.2 Å². The molecule has 0 spiro atoms. The molecule has 0 aromatic carbocycles. The number of carbonyl (C=O) groups is 1. The van der Waals surface area contributed by atoms with Gasteiger partial charge in [0.1, 0.15) is 0 Å². The van der Waals surface area contributed by atoms with Crippen LogP contribution in [0.5, 0.6) is 0 Å². The lowest BCUT2D eigenvalue weighted by Crippen LogP contribution is -2.53. The lowest BCUT2D eigenvalue weighted by molar-refractivity contribution is -0.146. The summed E-state index contributed by atoms with van der Waals surface area (Å²) in [4.78, 5) is 12.9. The summed E-state index contributed by atoms with van der Waals surface area (Å²) in [5, 5.41) is 6.90. The normalized spacial score (nSPS) is 34.0. The number of nitrogens with zero attached hydrogens (tertiary/aromatic N) is 2. The monoisotopic (exact) mass is 395 g/mol. The van der Waals surface area contributed by atoms with E-state index in [4.69, 9.17) is 0 Å². The third-order valence-electron chi connectivity index (χ3n) is 7.45. The Hall–Kier alpha value is -1.53. The van der Waals surface area contributed by atoms with E-state index >= 15 is 0 Å². The molecule has 0 aliphatic heterocycles. The zero-order chi connectivity index (χ0) is 19.5. The van der Waals surface area contributed by atoms with Crippen LogP contribution >= 0.6 is 0 Å². The van der Waals surface area contributed by atoms with Crippen molar-refractivity contribution in [2.45, 2.75) is 76.4 Å². The molecule has 6 rings (SSSR count). The second kappa shape index (κ2) is 6.49. The van der Waals surface area contributed by atoms with Crippen LogP contribution in [0.2, 0.25) is 0 Å². The van der Waals surface area contributed by atoms with Crippen molar-refractivity contribution >= 4 is 5.91 Å². The number of carbonyl (C=O) groups excluding carboxylic acids is 1. The fourth-order valence-corrected chi connectivity index (χ4v) is 6.46. The molecule has 0 saturated heterocycles. The summed E-state index contributed by atoms with van der Waals surface area (Å²) in [5.74, 6) is 2.57. The van der Waals surface area contributed by atoms with Gasteiger partial charge in [-0.05, 0) is 81.6 Å². The Morgan fingerprint density at radius 2 is 1.75 bits per heavy atom. The van der Waals surface area contributed by atoms with E-state index in [0.29, 0.717) is 25.2 Å². The highest BCUT2D eigenvalue weighted by Crippen LogP contribution is 2.60. The Bertz CT molecular complexity index is 730. The van der Waals surface area contributed by atoms with Crippen LogP contribution in [-0.2, 0) is 17.5 Å². The topological polar surface area (TPSA) is 46.9 Å². The van der Waals surface area contributed by atoms with Crippen LogP contribution in [0.25, 0.3) is 0 Å². The van der Waals surface area contributed by atoms with Gasteiger partial charge in [0.15, 0.2) is 5.69 Å². The fraction of sp³-hybridized carbons (Fsp3) is 0.810. The molecule has 1 heterocycles. The largest absolute Gasteiger partial charge is 0.435 e. The molecule has 5 saturated carbocycles. The molecule has 154 valence electrons. The molecular formula is C21H28F3N3O. The number of hydrogen-bond donors (Lipinski definition) is 1. The van der Waals surface area contributed by atoms with E-state index in [-0.39, 0.29) is 17.2 Å². The van der Waals surface area contributed by atoms with E-state index in [9.17, 15) is 18.0 Å². The van der Waals surface area contributed by atoms with Gasteiger partial charge in [0.05, 0.1) is 0 Å². The van der Waals surface area contributed by atoms with Crippen molar-refractivity contribution in [2.75, 3.05) is 6.54 Å². The van der Waals surface area contributed by atoms with Gasteiger partial charge in [-0.1, -0.05) is 0 Å². The van der Waals surface area contributed by atoms with Crippen molar-refractivity contribution in [3.05, 3.63) is 17.5 Å². The standard InChI is InChI=1S/C21H28F3N3O/c22-21(23,24)18-9-17(16-2-3-16)27(26-18)5-1-4-25-19(28)20-10-13-6-14(11-20)8-15(7-13)12-20/h9,13-16H,1-8,10-12H2,(H,25,28). The quantitative estimate of drug-likeness (QED) is 0.721. The summed E-state index contributed by atoms with van der Waals surface area (Å²) in [6, 6.07) is 1.20. The smallest absolute Gasteiger partial charge is 0.356 e. The van der Waals surface area contributed by atoms with Gasteiger partial charge in [-0.15, -0.1) is 0 Å². The molecule has 28 heavy (non-hydrogen) atoms. The number of hydrogen-bond acceptors (Lipinski definition) is 2. The van der Waals surface area contributed by atoms with E-state index in [0.717, 1.165) is 49.9 Å². The Balaban J connectivity index is 1.17.